The number of rotatable bonds is 6. The average molecular weight is 345 g/mol. The second-order valence-corrected chi connectivity index (χ2v) is 7.04. The van der Waals surface area contributed by atoms with Crippen LogP contribution >= 0.6 is 11.3 Å². The topological polar surface area (TPSA) is 69.0 Å². The zero-order valence-electron chi connectivity index (χ0n) is 13.9. The molecule has 0 aliphatic carbocycles. The Morgan fingerprint density at radius 1 is 1.42 bits per heavy atom. The Bertz CT molecular complexity index is 695. The second-order valence-electron chi connectivity index (χ2n) is 6.06. The molecule has 0 aromatic carbocycles. The molecule has 2 aromatic heterocycles. The van der Waals surface area contributed by atoms with E-state index in [0.717, 1.165) is 13.1 Å². The number of aromatic hydroxyl groups is 1. The number of nitrogens with zero attached hydrogens (tertiary/aromatic N) is 3. The van der Waals surface area contributed by atoms with Gasteiger partial charge in [-0.05, 0) is 44.3 Å². The van der Waals surface area contributed by atoms with Gasteiger partial charge in [0.15, 0.2) is 0 Å². The van der Waals surface area contributed by atoms with E-state index in [4.69, 9.17) is 0 Å². The number of thiophene rings is 1. The molecule has 2 aromatic rings. The lowest BCUT2D eigenvalue weighted by Gasteiger charge is -2.25. The van der Waals surface area contributed by atoms with Gasteiger partial charge in [0.1, 0.15) is 5.75 Å². The Labute approximate surface area is 146 Å². The van der Waals surface area contributed by atoms with Crippen molar-refractivity contribution in [3.8, 4) is 5.75 Å². The quantitative estimate of drug-likeness (QED) is 0.790. The van der Waals surface area contributed by atoms with Gasteiger partial charge in [0.2, 0.25) is 0 Å². The number of likely N-dealkylation sites (tertiary alicyclic amines) is 1. The van der Waals surface area contributed by atoms with Crippen molar-refractivity contribution in [3.63, 3.8) is 0 Å². The maximum Gasteiger partial charge on any atom is 0.145 e. The molecule has 5 nitrogen and oxygen atoms in total. The van der Waals surface area contributed by atoms with Gasteiger partial charge < -0.3 is 10.2 Å². The number of hydrogen-bond acceptors (Lipinski definition) is 6. The van der Waals surface area contributed by atoms with Gasteiger partial charge in [0.25, 0.3) is 0 Å². The molecule has 0 saturated carbocycles. The van der Waals surface area contributed by atoms with Crippen molar-refractivity contribution in [2.45, 2.75) is 32.4 Å². The molecule has 24 heavy (non-hydrogen) atoms. The Balaban J connectivity index is 1.80. The summed E-state index contributed by atoms with van der Waals surface area (Å²) in [5.41, 5.74) is 1.70. The number of hydrogen-bond donors (Lipinski definition) is 2. The van der Waals surface area contributed by atoms with E-state index in [2.05, 4.69) is 32.4 Å². The summed E-state index contributed by atoms with van der Waals surface area (Å²) in [5.74, 6) is 0.0964. The fraction of sp³-hybridized carbons (Fsp3) is 0.444. The summed E-state index contributed by atoms with van der Waals surface area (Å²) < 4.78 is 0. The van der Waals surface area contributed by atoms with Gasteiger partial charge >= 0.3 is 0 Å². The Kier molecular flexibility index (Phi) is 5.60. The minimum absolute atomic E-state index is 0.0964. The molecule has 0 bridgehead atoms. The van der Waals surface area contributed by atoms with Crippen LogP contribution in [0.25, 0.3) is 0 Å². The molecule has 2 N–H and O–H groups in total. The molecule has 1 saturated heterocycles. The van der Waals surface area contributed by atoms with Gasteiger partial charge in [-0.25, -0.2) is 0 Å². The minimum atomic E-state index is -0.164. The van der Waals surface area contributed by atoms with Crippen molar-refractivity contribution < 1.29 is 10.2 Å². The molecule has 0 amide bonds. The predicted molar refractivity (Wildman–Crippen MR) is 96.9 cm³/mol. The number of pyridine rings is 1. The third kappa shape index (κ3) is 3.66. The normalized spacial score (nSPS) is 16.9. The third-order valence-corrected chi connectivity index (χ3v) is 5.45. The molecule has 3 heterocycles. The van der Waals surface area contributed by atoms with Gasteiger partial charge in [-0.1, -0.05) is 6.07 Å². The van der Waals surface area contributed by atoms with Crippen molar-refractivity contribution in [2.24, 2.45) is 4.99 Å². The maximum atomic E-state index is 10.2. The number of aliphatic hydroxyl groups is 1. The molecule has 0 radical (unpaired) electrons. The van der Waals surface area contributed by atoms with Gasteiger partial charge in [-0.15, -0.1) is 11.3 Å². The molecule has 0 spiro atoms. The first-order chi connectivity index (χ1) is 11.7. The molecule has 3 rings (SSSR count). The highest BCUT2D eigenvalue weighted by Crippen LogP contribution is 2.29. The number of aromatic nitrogens is 1. The predicted octanol–water partition coefficient (Wildman–Crippen LogP) is 2.91. The highest BCUT2D eigenvalue weighted by atomic mass is 32.1. The summed E-state index contributed by atoms with van der Waals surface area (Å²) in [5, 5.41) is 21.7. The summed E-state index contributed by atoms with van der Waals surface area (Å²) in [7, 11) is 0. The summed E-state index contributed by atoms with van der Waals surface area (Å²) in [6, 6.07) is 4.52. The highest BCUT2D eigenvalue weighted by Gasteiger charge is 2.23. The Hall–Kier alpha value is -1.76. The van der Waals surface area contributed by atoms with E-state index >= 15 is 0 Å². The van der Waals surface area contributed by atoms with Gasteiger partial charge in [-0.3, -0.25) is 14.9 Å². The van der Waals surface area contributed by atoms with Crippen molar-refractivity contribution in [3.05, 3.63) is 45.4 Å². The SMILES string of the molecule is Cc1ncc(CO)c(C=NC[C@@H](c2cccs2)N2CCCC2)c1O. The fourth-order valence-corrected chi connectivity index (χ4v) is 3.94. The minimum Gasteiger partial charge on any atom is -0.505 e. The molecular formula is C18H23N3O2S. The summed E-state index contributed by atoms with van der Waals surface area (Å²) in [6.45, 7) is 4.44. The molecular weight excluding hydrogens is 322 g/mol. The molecule has 1 fully saturated rings. The van der Waals surface area contributed by atoms with Crippen LogP contribution in [0.2, 0.25) is 0 Å². The van der Waals surface area contributed by atoms with Gasteiger partial charge in [-0.2, -0.15) is 0 Å². The molecule has 0 unspecified atom stereocenters. The second kappa shape index (κ2) is 7.88. The smallest absolute Gasteiger partial charge is 0.145 e. The number of aliphatic hydroxyl groups excluding tert-OH is 1. The molecule has 1 aliphatic rings. The van der Waals surface area contributed by atoms with E-state index in [0.29, 0.717) is 23.4 Å². The lowest BCUT2D eigenvalue weighted by Crippen LogP contribution is -2.27. The standard InChI is InChI=1S/C18H23N3O2S/c1-13-18(23)15(14(12-22)9-20-13)10-19-11-16(17-5-4-8-24-17)21-6-2-3-7-21/h4-5,8-10,16,22-23H,2-3,6-7,11-12H2,1H3/t16-/m0/s1. The van der Waals surface area contributed by atoms with Crippen LogP contribution in [-0.2, 0) is 6.61 Å². The van der Waals surface area contributed by atoms with Crippen LogP contribution in [-0.4, -0.2) is 45.9 Å². The van der Waals surface area contributed by atoms with Crippen LogP contribution in [0.5, 0.6) is 5.75 Å². The largest absolute Gasteiger partial charge is 0.505 e. The lowest BCUT2D eigenvalue weighted by molar-refractivity contribution is 0.255. The monoisotopic (exact) mass is 345 g/mol. The zero-order valence-corrected chi connectivity index (χ0v) is 14.7. The summed E-state index contributed by atoms with van der Waals surface area (Å²) in [4.78, 5) is 12.5. The first kappa shape index (κ1) is 17.1. The van der Waals surface area contributed by atoms with Crippen molar-refractivity contribution in [1.82, 2.24) is 9.88 Å². The van der Waals surface area contributed by atoms with Crippen LogP contribution in [0.3, 0.4) is 0 Å². The van der Waals surface area contributed by atoms with Crippen molar-refractivity contribution >= 4 is 17.6 Å². The van der Waals surface area contributed by atoms with Crippen LogP contribution in [0.15, 0.2) is 28.7 Å². The van der Waals surface area contributed by atoms with Gasteiger partial charge in [0.05, 0.1) is 24.9 Å². The molecule has 128 valence electrons. The van der Waals surface area contributed by atoms with Crippen LogP contribution in [0.4, 0.5) is 0 Å². The number of aliphatic imine (C=N–C) groups is 1. The average Bonchev–Trinajstić information content (AvgIpc) is 3.29. The summed E-state index contributed by atoms with van der Waals surface area (Å²) in [6.07, 6.45) is 5.75. The van der Waals surface area contributed by atoms with E-state index in [9.17, 15) is 10.2 Å². The van der Waals surface area contributed by atoms with Crippen molar-refractivity contribution in [1.29, 1.82) is 0 Å². The highest BCUT2D eigenvalue weighted by molar-refractivity contribution is 7.10. The van der Waals surface area contributed by atoms with E-state index in [1.807, 2.05) is 0 Å². The lowest BCUT2D eigenvalue weighted by atomic mass is 10.1. The van der Waals surface area contributed by atoms with E-state index in [1.165, 1.54) is 17.7 Å². The number of aryl methyl sites for hydroxylation is 1. The van der Waals surface area contributed by atoms with Crippen molar-refractivity contribution in [2.75, 3.05) is 19.6 Å². The molecule has 6 heteroatoms. The first-order valence-corrected chi connectivity index (χ1v) is 9.14. The van der Waals surface area contributed by atoms with E-state index < -0.39 is 0 Å². The van der Waals surface area contributed by atoms with Crippen LogP contribution in [0, 0.1) is 6.92 Å². The zero-order chi connectivity index (χ0) is 16.9. The van der Waals surface area contributed by atoms with Crippen LogP contribution < -0.4 is 0 Å². The van der Waals surface area contributed by atoms with Crippen LogP contribution in [0.1, 0.15) is 40.6 Å². The maximum absolute atomic E-state index is 10.2. The first-order valence-electron chi connectivity index (χ1n) is 8.26. The Morgan fingerprint density at radius 2 is 2.21 bits per heavy atom. The molecule has 1 aliphatic heterocycles. The van der Waals surface area contributed by atoms with Gasteiger partial charge in [0, 0.05) is 28.4 Å². The molecule has 1 atom stereocenters. The van der Waals surface area contributed by atoms with E-state index in [-0.39, 0.29) is 18.4 Å². The fourth-order valence-electron chi connectivity index (χ4n) is 3.09. The summed E-state index contributed by atoms with van der Waals surface area (Å²) >= 11 is 1.76. The third-order valence-electron chi connectivity index (χ3n) is 4.48. The van der Waals surface area contributed by atoms with E-state index in [1.54, 1.807) is 30.7 Å². The Morgan fingerprint density at radius 3 is 2.88 bits per heavy atom.